The third kappa shape index (κ3) is 3.94. The lowest BCUT2D eigenvalue weighted by molar-refractivity contribution is -0.130. The molecule has 0 aliphatic rings. The number of rotatable bonds is 1. The molecule has 1 amide bonds. The van der Waals surface area contributed by atoms with Gasteiger partial charge in [-0.05, 0) is 0 Å². The summed E-state index contributed by atoms with van der Waals surface area (Å²) in [5.74, 6) is -1.30. The molecule has 0 aliphatic carbocycles. The van der Waals surface area contributed by atoms with Gasteiger partial charge in [0.2, 0.25) is 12.2 Å². The first-order valence-electron chi connectivity index (χ1n) is 2.12. The van der Waals surface area contributed by atoms with E-state index in [0.717, 1.165) is 12.2 Å². The highest BCUT2D eigenvalue weighted by Crippen LogP contribution is 2.02. The van der Waals surface area contributed by atoms with Crippen LogP contribution < -0.4 is 0 Å². The van der Waals surface area contributed by atoms with E-state index in [1.165, 1.54) is 0 Å². The van der Waals surface area contributed by atoms with Crippen molar-refractivity contribution in [2.45, 2.75) is 0 Å². The fourth-order valence-electron chi connectivity index (χ4n) is 0.186. The largest absolute Gasteiger partial charge is 0.336 e. The molecule has 56 valence electrons. The normalized spacial score (nSPS) is 7.27. The number of nitrogens with zero attached hydrogens (tertiary/aromatic N) is 2. The monoisotopic (exact) mass is 172 g/mol. The molecule has 6 nitrogen and oxygen atoms in total. The summed E-state index contributed by atoms with van der Waals surface area (Å²) < 4.78 is 2.73. The van der Waals surface area contributed by atoms with Gasteiger partial charge in [0.25, 0.3) is 0 Å². The summed E-state index contributed by atoms with van der Waals surface area (Å²) in [4.78, 5) is 41.9. The van der Waals surface area contributed by atoms with Crippen molar-refractivity contribution >= 4 is 35.1 Å². The maximum absolute atomic E-state index is 10.4. The lowest BCUT2D eigenvalue weighted by Gasteiger charge is -1.80. The van der Waals surface area contributed by atoms with Gasteiger partial charge < -0.3 is 0 Å². The average molecular weight is 172 g/mol. The first kappa shape index (κ1) is 9.45. The van der Waals surface area contributed by atoms with Crippen LogP contribution in [0.1, 0.15) is 0 Å². The van der Waals surface area contributed by atoms with Gasteiger partial charge in [0, 0.05) is 0 Å². The molecule has 0 spiro atoms. The Morgan fingerprint density at radius 1 is 1.18 bits per heavy atom. The van der Waals surface area contributed by atoms with E-state index in [2.05, 4.69) is 9.39 Å². The smallest absolute Gasteiger partial charge is 0.274 e. The Hall–Kier alpha value is -1.55. The second-order valence-electron chi connectivity index (χ2n) is 1.07. The van der Waals surface area contributed by atoms with E-state index in [1.54, 1.807) is 0 Å². The second kappa shape index (κ2) is 5.25. The molecule has 0 aromatic heterocycles. The van der Waals surface area contributed by atoms with Crippen molar-refractivity contribution in [2.75, 3.05) is 0 Å². The number of aliphatic imine (C=N–C) groups is 1. The first-order valence-corrected chi connectivity index (χ1v) is 2.90. The van der Waals surface area contributed by atoms with Gasteiger partial charge in [-0.3, -0.25) is 9.59 Å². The predicted octanol–water partition coefficient (Wildman–Crippen LogP) is -0.641. The van der Waals surface area contributed by atoms with Gasteiger partial charge >= 0.3 is 11.0 Å². The highest BCUT2D eigenvalue weighted by atomic mass is 32.2. The summed E-state index contributed by atoms with van der Waals surface area (Å²) in [5, 5.41) is -1.13. The average Bonchev–Trinajstić information content (AvgIpc) is 2.00. The van der Waals surface area contributed by atoms with Crippen LogP contribution in [0.25, 0.3) is 0 Å². The molecule has 0 atom stereocenters. The van der Waals surface area contributed by atoms with Crippen molar-refractivity contribution in [1.82, 2.24) is 0 Å². The molecule has 0 fully saturated rings. The molecule has 0 bridgehead atoms. The van der Waals surface area contributed by atoms with E-state index >= 15 is 0 Å². The molecule has 0 aromatic carbocycles. The van der Waals surface area contributed by atoms with Crippen LogP contribution in [0.5, 0.6) is 0 Å². The van der Waals surface area contributed by atoms with Gasteiger partial charge in [-0.15, -0.1) is 9.39 Å². The van der Waals surface area contributed by atoms with Gasteiger partial charge in [-0.25, -0.2) is 9.59 Å². The molecule has 0 heterocycles. The van der Waals surface area contributed by atoms with Crippen LogP contribution in [0.3, 0.4) is 0 Å². The quantitative estimate of drug-likeness (QED) is 0.227. The maximum Gasteiger partial charge on any atom is 0.336 e. The van der Waals surface area contributed by atoms with E-state index in [-0.39, 0.29) is 11.9 Å². The Balaban J connectivity index is 4.14. The Morgan fingerprint density at radius 3 is 2.27 bits per heavy atom. The molecule has 11 heavy (non-hydrogen) atoms. The zero-order chi connectivity index (χ0) is 8.69. The minimum absolute atomic E-state index is 0.0648. The minimum Gasteiger partial charge on any atom is -0.274 e. The van der Waals surface area contributed by atoms with Crippen molar-refractivity contribution in [3.05, 3.63) is 0 Å². The van der Waals surface area contributed by atoms with Crippen LogP contribution in [-0.4, -0.2) is 23.2 Å². The van der Waals surface area contributed by atoms with Crippen LogP contribution in [0.2, 0.25) is 0 Å². The number of amides is 1. The summed E-state index contributed by atoms with van der Waals surface area (Å²) in [5.41, 5.74) is 0. The summed E-state index contributed by atoms with van der Waals surface area (Å²) in [6.45, 7) is 0. The topological polar surface area (TPSA) is 93.0 Å². The van der Waals surface area contributed by atoms with Gasteiger partial charge in [0.15, 0.2) is 0 Å². The van der Waals surface area contributed by atoms with Gasteiger partial charge in [-0.1, -0.05) is 0 Å². The van der Waals surface area contributed by atoms with Gasteiger partial charge in [0.1, 0.15) is 0 Å². The van der Waals surface area contributed by atoms with Crippen LogP contribution in [0, 0.1) is 0 Å². The molecule has 7 heteroatoms. The Kier molecular flexibility index (Phi) is 4.51. The van der Waals surface area contributed by atoms with E-state index in [9.17, 15) is 19.2 Å². The molecular formula is C4N2O4S. The van der Waals surface area contributed by atoms with Crippen LogP contribution in [0.15, 0.2) is 9.39 Å². The Labute approximate surface area is 64.5 Å². The van der Waals surface area contributed by atoms with Crippen LogP contribution in [0.4, 0.5) is 0 Å². The number of hydrogen-bond acceptors (Lipinski definition) is 6. The molecule has 0 N–H and O–H groups in total. The maximum atomic E-state index is 10.4. The van der Waals surface area contributed by atoms with Crippen LogP contribution >= 0.6 is 11.9 Å². The SMILES string of the molecule is O=C=NSC(=O)C(=O)N=C=O. The van der Waals surface area contributed by atoms with Crippen molar-refractivity contribution in [1.29, 1.82) is 0 Å². The third-order valence-corrected chi connectivity index (χ3v) is 0.994. The molecule has 0 radical (unpaired) electrons. The fraction of sp³-hybridized carbons (Fsp3) is 0. The number of carbonyl (C=O) groups excluding carboxylic acids is 4. The fourth-order valence-corrected chi connectivity index (χ4v) is 0.430. The van der Waals surface area contributed by atoms with E-state index in [0.29, 0.717) is 0 Å². The molecule has 0 unspecified atom stereocenters. The highest BCUT2D eigenvalue weighted by molar-refractivity contribution is 8.14. The molecular weight excluding hydrogens is 172 g/mol. The van der Waals surface area contributed by atoms with E-state index in [1.807, 2.05) is 0 Å². The molecule has 0 rings (SSSR count). The molecule has 0 aliphatic heterocycles. The standard InChI is InChI=1S/C4N2O4S/c7-1-5-3(9)4(10)11-6-2-8. The number of carbonyl (C=O) groups is 2. The summed E-state index contributed by atoms with van der Waals surface area (Å²) in [6.07, 6.45) is 1.90. The summed E-state index contributed by atoms with van der Waals surface area (Å²) >= 11 is 0.0648. The van der Waals surface area contributed by atoms with Gasteiger partial charge in [-0.2, -0.15) is 0 Å². The number of isocyanates is 2. The predicted molar refractivity (Wildman–Crippen MR) is 33.8 cm³/mol. The molecule has 0 saturated carbocycles. The Bertz CT molecular complexity index is 274. The first-order chi connectivity index (χ1) is 5.22. The Morgan fingerprint density at radius 2 is 1.82 bits per heavy atom. The minimum atomic E-state index is -1.30. The lowest BCUT2D eigenvalue weighted by Crippen LogP contribution is -2.04. The molecule has 0 saturated heterocycles. The zero-order valence-electron chi connectivity index (χ0n) is 4.94. The van der Waals surface area contributed by atoms with Crippen molar-refractivity contribution < 1.29 is 19.2 Å². The van der Waals surface area contributed by atoms with Crippen molar-refractivity contribution in [3.63, 3.8) is 0 Å². The second-order valence-corrected chi connectivity index (χ2v) is 1.81. The van der Waals surface area contributed by atoms with E-state index < -0.39 is 11.0 Å². The molecule has 0 aromatic rings. The van der Waals surface area contributed by atoms with Crippen molar-refractivity contribution in [2.24, 2.45) is 9.39 Å². The van der Waals surface area contributed by atoms with Gasteiger partial charge in [0.05, 0.1) is 11.9 Å². The van der Waals surface area contributed by atoms with Crippen LogP contribution in [-0.2, 0) is 19.2 Å². The van der Waals surface area contributed by atoms with Crippen molar-refractivity contribution in [3.8, 4) is 0 Å². The zero-order valence-corrected chi connectivity index (χ0v) is 5.75. The number of hydrogen-bond donors (Lipinski definition) is 0. The highest BCUT2D eigenvalue weighted by Gasteiger charge is 2.12. The lowest BCUT2D eigenvalue weighted by atomic mass is 10.7. The summed E-state index contributed by atoms with van der Waals surface area (Å²) in [7, 11) is 0. The summed E-state index contributed by atoms with van der Waals surface area (Å²) in [6, 6.07) is 0. The van der Waals surface area contributed by atoms with E-state index in [4.69, 9.17) is 0 Å². The third-order valence-electron chi connectivity index (χ3n) is 0.488.